The van der Waals surface area contributed by atoms with Gasteiger partial charge in [-0.25, -0.2) is 0 Å². The van der Waals surface area contributed by atoms with Crippen molar-refractivity contribution in [1.82, 2.24) is 5.32 Å². The van der Waals surface area contributed by atoms with E-state index in [0.717, 1.165) is 5.56 Å². The van der Waals surface area contributed by atoms with Crippen molar-refractivity contribution in [2.45, 2.75) is 6.54 Å². The second-order valence-electron chi connectivity index (χ2n) is 2.65. The first kappa shape index (κ1) is 11.9. The number of nitrogens with one attached hydrogen (secondary N) is 1. The van der Waals surface area contributed by atoms with Crippen molar-refractivity contribution in [2.24, 2.45) is 4.99 Å². The minimum absolute atomic E-state index is 0.477. The van der Waals surface area contributed by atoms with Crippen molar-refractivity contribution in [3.63, 3.8) is 0 Å². The van der Waals surface area contributed by atoms with Gasteiger partial charge in [-0.15, -0.1) is 0 Å². The van der Waals surface area contributed by atoms with E-state index in [1.165, 1.54) is 11.8 Å². The molecular weight excluding hydrogens is 230 g/mol. The van der Waals surface area contributed by atoms with Gasteiger partial charge in [0.1, 0.15) is 0 Å². The van der Waals surface area contributed by atoms with Gasteiger partial charge < -0.3 is 0 Å². The molecule has 0 atom stereocenters. The van der Waals surface area contributed by atoms with Crippen LogP contribution in [0, 0.1) is 11.5 Å². The summed E-state index contributed by atoms with van der Waals surface area (Å²) in [6, 6.07) is 7.52. The highest BCUT2D eigenvalue weighted by atomic mass is 35.5. The van der Waals surface area contributed by atoms with Gasteiger partial charge in [-0.2, -0.15) is 5.26 Å². The number of halogens is 1. The number of nitriles is 1. The molecule has 0 aliphatic rings. The van der Waals surface area contributed by atoms with Crippen molar-refractivity contribution in [1.29, 1.82) is 5.26 Å². The number of nitrogens with zero attached hydrogens (tertiary/aromatic N) is 2. The first-order valence-corrected chi connectivity index (χ1v) is 5.85. The summed E-state index contributed by atoms with van der Waals surface area (Å²) in [6.07, 6.45) is 3.69. The van der Waals surface area contributed by atoms with Crippen LogP contribution in [0.3, 0.4) is 0 Å². The molecule has 1 rings (SSSR count). The first-order valence-electron chi connectivity index (χ1n) is 4.25. The lowest BCUT2D eigenvalue weighted by Gasteiger charge is -2.01. The second kappa shape index (κ2) is 6.33. The molecule has 0 aliphatic carbocycles. The van der Waals surface area contributed by atoms with Crippen molar-refractivity contribution in [3.05, 3.63) is 34.9 Å². The Kier molecular flexibility index (Phi) is 5.02. The zero-order valence-corrected chi connectivity index (χ0v) is 9.77. The zero-order chi connectivity index (χ0) is 11.1. The Labute approximate surface area is 98.2 Å². The summed E-state index contributed by atoms with van der Waals surface area (Å²) in [7, 11) is 0. The normalized spacial score (nSPS) is 10.9. The predicted octanol–water partition coefficient (Wildman–Crippen LogP) is 2.63. The molecule has 5 heteroatoms. The summed E-state index contributed by atoms with van der Waals surface area (Å²) >= 11 is 7.36. The van der Waals surface area contributed by atoms with E-state index in [1.807, 2.05) is 36.7 Å². The maximum absolute atomic E-state index is 8.44. The Balaban J connectivity index is 2.71. The molecule has 0 saturated carbocycles. The molecular formula is C10H10ClN3S. The molecule has 0 aliphatic heterocycles. The third-order valence-electron chi connectivity index (χ3n) is 1.71. The number of benzene rings is 1. The second-order valence-corrected chi connectivity index (χ2v) is 3.86. The van der Waals surface area contributed by atoms with Gasteiger partial charge in [0, 0.05) is 5.02 Å². The van der Waals surface area contributed by atoms with E-state index in [9.17, 15) is 0 Å². The van der Waals surface area contributed by atoms with E-state index < -0.39 is 0 Å². The van der Waals surface area contributed by atoms with Crippen molar-refractivity contribution in [2.75, 3.05) is 6.26 Å². The van der Waals surface area contributed by atoms with Crippen LogP contribution < -0.4 is 5.32 Å². The molecule has 0 radical (unpaired) electrons. The molecule has 1 aromatic rings. The number of thioether (sulfide) groups is 1. The lowest BCUT2D eigenvalue weighted by molar-refractivity contribution is 1.06. The van der Waals surface area contributed by atoms with Crippen molar-refractivity contribution >= 4 is 28.5 Å². The van der Waals surface area contributed by atoms with E-state index in [1.54, 1.807) is 0 Å². The SMILES string of the molecule is CSC(=NCc1ccccc1Cl)NC#N. The quantitative estimate of drug-likeness (QED) is 0.374. The Morgan fingerprint density at radius 3 is 2.93 bits per heavy atom. The van der Waals surface area contributed by atoms with Crippen molar-refractivity contribution < 1.29 is 0 Å². The number of aliphatic imine (C=N–C) groups is 1. The van der Waals surface area contributed by atoms with Gasteiger partial charge in [-0.1, -0.05) is 41.6 Å². The lowest BCUT2D eigenvalue weighted by atomic mass is 10.2. The number of hydrogen-bond donors (Lipinski definition) is 1. The van der Waals surface area contributed by atoms with Crippen LogP contribution >= 0.6 is 23.4 Å². The third kappa shape index (κ3) is 3.82. The van der Waals surface area contributed by atoms with E-state index in [2.05, 4.69) is 10.3 Å². The summed E-state index contributed by atoms with van der Waals surface area (Å²) in [4.78, 5) is 4.22. The van der Waals surface area contributed by atoms with Crippen LogP contribution in [0.2, 0.25) is 5.02 Å². The molecule has 0 heterocycles. The standard InChI is InChI=1S/C10H10ClN3S/c1-15-10(14-7-12)13-6-8-4-2-3-5-9(8)11/h2-5H,6H2,1H3,(H,13,14). The van der Waals surface area contributed by atoms with Gasteiger partial charge >= 0.3 is 0 Å². The smallest absolute Gasteiger partial charge is 0.183 e. The van der Waals surface area contributed by atoms with Crippen LogP contribution in [0.1, 0.15) is 5.56 Å². The van der Waals surface area contributed by atoms with E-state index >= 15 is 0 Å². The van der Waals surface area contributed by atoms with Gasteiger partial charge in [0.2, 0.25) is 0 Å². The molecule has 0 fully saturated rings. The molecule has 3 nitrogen and oxygen atoms in total. The third-order valence-corrected chi connectivity index (χ3v) is 2.69. The number of amidine groups is 1. The fourth-order valence-electron chi connectivity index (χ4n) is 0.987. The fraction of sp³-hybridized carbons (Fsp3) is 0.200. The van der Waals surface area contributed by atoms with E-state index in [0.29, 0.717) is 16.7 Å². The Morgan fingerprint density at radius 2 is 2.33 bits per heavy atom. The van der Waals surface area contributed by atoms with E-state index in [4.69, 9.17) is 16.9 Å². The Hall–Kier alpha value is -1.18. The van der Waals surface area contributed by atoms with Crippen LogP contribution in [0.15, 0.2) is 29.3 Å². The summed E-state index contributed by atoms with van der Waals surface area (Å²) in [5.74, 6) is 0. The fourth-order valence-corrected chi connectivity index (χ4v) is 1.52. The van der Waals surface area contributed by atoms with Crippen molar-refractivity contribution in [3.8, 4) is 6.19 Å². The maximum atomic E-state index is 8.44. The minimum atomic E-state index is 0.477. The number of rotatable bonds is 2. The summed E-state index contributed by atoms with van der Waals surface area (Å²) in [5.41, 5.74) is 0.949. The monoisotopic (exact) mass is 239 g/mol. The van der Waals surface area contributed by atoms with Crippen LogP contribution in [-0.2, 0) is 6.54 Å². The average Bonchev–Trinajstić information content (AvgIpc) is 2.26. The highest BCUT2D eigenvalue weighted by Crippen LogP contribution is 2.16. The average molecular weight is 240 g/mol. The van der Waals surface area contributed by atoms with Gasteiger partial charge in [-0.3, -0.25) is 10.3 Å². The van der Waals surface area contributed by atoms with Gasteiger partial charge in [0.05, 0.1) is 6.54 Å². The van der Waals surface area contributed by atoms with Gasteiger partial charge in [0.15, 0.2) is 11.4 Å². The Bertz CT molecular complexity index is 398. The predicted molar refractivity (Wildman–Crippen MR) is 64.9 cm³/mol. The molecule has 78 valence electrons. The molecule has 0 amide bonds. The largest absolute Gasteiger partial charge is 0.272 e. The molecule has 1 aromatic carbocycles. The van der Waals surface area contributed by atoms with Crippen LogP contribution in [-0.4, -0.2) is 11.4 Å². The van der Waals surface area contributed by atoms with Gasteiger partial charge in [-0.05, 0) is 17.9 Å². The van der Waals surface area contributed by atoms with Crippen LogP contribution in [0.25, 0.3) is 0 Å². The molecule has 0 bridgehead atoms. The topological polar surface area (TPSA) is 48.2 Å². The van der Waals surface area contributed by atoms with Crippen LogP contribution in [0.4, 0.5) is 0 Å². The first-order chi connectivity index (χ1) is 7.27. The summed E-state index contributed by atoms with van der Waals surface area (Å²) in [5, 5.41) is 12.2. The number of hydrogen-bond acceptors (Lipinski definition) is 3. The highest BCUT2D eigenvalue weighted by Gasteiger charge is 1.98. The molecule has 0 aromatic heterocycles. The summed E-state index contributed by atoms with van der Waals surface area (Å²) in [6.45, 7) is 0.477. The molecule has 0 unspecified atom stereocenters. The van der Waals surface area contributed by atoms with E-state index in [-0.39, 0.29) is 0 Å². The molecule has 1 N–H and O–H groups in total. The summed E-state index contributed by atoms with van der Waals surface area (Å²) < 4.78 is 0. The van der Waals surface area contributed by atoms with Gasteiger partial charge in [0.25, 0.3) is 0 Å². The van der Waals surface area contributed by atoms with Crippen LogP contribution in [0.5, 0.6) is 0 Å². The minimum Gasteiger partial charge on any atom is -0.272 e. The highest BCUT2D eigenvalue weighted by molar-refractivity contribution is 8.13. The maximum Gasteiger partial charge on any atom is 0.183 e. The zero-order valence-electron chi connectivity index (χ0n) is 8.20. The molecule has 0 spiro atoms. The molecule has 0 saturated heterocycles. The molecule has 15 heavy (non-hydrogen) atoms. The lowest BCUT2D eigenvalue weighted by Crippen LogP contribution is -2.13. The Morgan fingerprint density at radius 1 is 1.60 bits per heavy atom.